The fourth-order valence-electron chi connectivity index (χ4n) is 4.82. The summed E-state index contributed by atoms with van der Waals surface area (Å²) in [6, 6.07) is 15.4. The number of ether oxygens (including phenoxy) is 1. The lowest BCUT2D eigenvalue weighted by Crippen LogP contribution is -2.41. The number of likely N-dealkylation sites (tertiary alicyclic amines) is 1. The van der Waals surface area contributed by atoms with Crippen molar-refractivity contribution in [1.29, 1.82) is 0 Å². The van der Waals surface area contributed by atoms with Crippen LogP contribution in [-0.2, 0) is 20.9 Å². The summed E-state index contributed by atoms with van der Waals surface area (Å²) >= 11 is 0. The molecule has 1 amide bonds. The molecule has 2 N–H and O–H groups in total. The first-order valence-corrected chi connectivity index (χ1v) is 12.8. The number of hydroxylamine groups is 1. The fourth-order valence-corrected chi connectivity index (χ4v) is 4.82. The Labute approximate surface area is 211 Å². The van der Waals surface area contributed by atoms with Gasteiger partial charge in [0.25, 0.3) is 5.91 Å². The predicted octanol–water partition coefficient (Wildman–Crippen LogP) is 4.29. The maximum atomic E-state index is 12.0. The smallest absolute Gasteiger partial charge is 0.267 e. The van der Waals surface area contributed by atoms with Crippen LogP contribution < -0.4 is 10.8 Å². The zero-order valence-corrected chi connectivity index (χ0v) is 20.4. The van der Waals surface area contributed by atoms with Crippen LogP contribution in [0.2, 0.25) is 0 Å². The van der Waals surface area contributed by atoms with E-state index >= 15 is 0 Å². The number of piperidine rings is 1. The van der Waals surface area contributed by atoms with Gasteiger partial charge >= 0.3 is 0 Å². The van der Waals surface area contributed by atoms with E-state index < -0.39 is 0 Å². The van der Waals surface area contributed by atoms with Gasteiger partial charge in [-0.1, -0.05) is 42.5 Å². The molecule has 36 heavy (non-hydrogen) atoms. The summed E-state index contributed by atoms with van der Waals surface area (Å²) in [7, 11) is 0. The third-order valence-corrected chi connectivity index (χ3v) is 6.64. The molecule has 2 fully saturated rings. The summed E-state index contributed by atoms with van der Waals surface area (Å²) in [5.74, 6) is 0.382. The molecule has 5 rings (SSSR count). The molecule has 1 aromatic heterocycles. The predicted molar refractivity (Wildman–Crippen MR) is 140 cm³/mol. The fraction of sp³-hybridized carbons (Fsp3) is 0.393. The second-order valence-electron chi connectivity index (χ2n) is 9.40. The first kappa shape index (κ1) is 24.4. The van der Waals surface area contributed by atoms with Gasteiger partial charge in [0, 0.05) is 38.2 Å². The normalized spacial score (nSPS) is 21.0. The van der Waals surface area contributed by atoms with Crippen molar-refractivity contribution in [2.75, 3.05) is 25.0 Å². The summed E-state index contributed by atoms with van der Waals surface area (Å²) in [6.07, 6.45) is 11.1. The van der Waals surface area contributed by atoms with E-state index in [1.54, 1.807) is 18.5 Å². The molecule has 3 heterocycles. The minimum Gasteiger partial charge on any atom is -0.365 e. The third kappa shape index (κ3) is 6.66. The molecule has 0 spiro atoms. The van der Waals surface area contributed by atoms with Gasteiger partial charge in [-0.2, -0.15) is 0 Å². The van der Waals surface area contributed by atoms with E-state index in [9.17, 15) is 4.79 Å². The van der Waals surface area contributed by atoms with Crippen molar-refractivity contribution in [3.63, 3.8) is 0 Å². The van der Waals surface area contributed by atoms with Crippen LogP contribution in [0.15, 0.2) is 60.9 Å². The lowest BCUT2D eigenvalue weighted by molar-refractivity contribution is -0.198. The highest BCUT2D eigenvalue weighted by Crippen LogP contribution is 2.22. The maximum absolute atomic E-state index is 12.0. The monoisotopic (exact) mass is 487 g/mol. The average molecular weight is 488 g/mol. The van der Waals surface area contributed by atoms with Crippen LogP contribution in [0.25, 0.3) is 16.8 Å². The molecule has 2 aliphatic rings. The van der Waals surface area contributed by atoms with Crippen LogP contribution >= 0.6 is 0 Å². The number of carbonyl (C=O) groups excluding carboxylic acids is 1. The van der Waals surface area contributed by atoms with Crippen LogP contribution in [0.5, 0.6) is 0 Å². The van der Waals surface area contributed by atoms with E-state index in [2.05, 4.69) is 68.1 Å². The van der Waals surface area contributed by atoms with E-state index in [0.29, 0.717) is 18.3 Å². The van der Waals surface area contributed by atoms with Crippen LogP contribution in [0.4, 0.5) is 5.82 Å². The van der Waals surface area contributed by atoms with Crippen molar-refractivity contribution in [3.8, 4) is 0 Å². The van der Waals surface area contributed by atoms with Gasteiger partial charge in [0.15, 0.2) is 6.29 Å². The summed E-state index contributed by atoms with van der Waals surface area (Å²) < 4.78 is 5.43. The van der Waals surface area contributed by atoms with E-state index in [-0.39, 0.29) is 12.2 Å². The first-order chi connectivity index (χ1) is 17.7. The molecular formula is C28H33N5O3. The molecule has 2 atom stereocenters. The highest BCUT2D eigenvalue weighted by Gasteiger charge is 2.21. The van der Waals surface area contributed by atoms with Crippen LogP contribution in [-0.4, -0.2) is 52.8 Å². The van der Waals surface area contributed by atoms with Gasteiger partial charge in [-0.15, -0.1) is 0 Å². The molecule has 0 radical (unpaired) electrons. The number of benzene rings is 2. The van der Waals surface area contributed by atoms with Crippen molar-refractivity contribution in [2.24, 2.45) is 0 Å². The number of amides is 1. The second-order valence-corrected chi connectivity index (χ2v) is 9.40. The third-order valence-electron chi connectivity index (χ3n) is 6.64. The topological polar surface area (TPSA) is 88.6 Å². The standard InChI is InChI=1S/C28H33N5O3/c34-27(32-36-28-12-3-4-16-35-28)14-13-23-17-30-26(18-29-23)31-24-10-6-15-33(20-24)19-22-9-5-8-21-7-1-2-11-25(21)22/h1-2,5,7-9,11,13-14,17-18,24,28H,3-4,6,10,12,15-16,19-20H2,(H,30,31)(H,32,34)/t24-,28?/m1/s1. The number of nitrogens with one attached hydrogen (secondary N) is 2. The van der Waals surface area contributed by atoms with Gasteiger partial charge in [-0.05, 0) is 54.6 Å². The van der Waals surface area contributed by atoms with Crippen molar-refractivity contribution < 1.29 is 14.4 Å². The van der Waals surface area contributed by atoms with Crippen molar-refractivity contribution in [2.45, 2.75) is 51.0 Å². The maximum Gasteiger partial charge on any atom is 0.267 e. The first-order valence-electron chi connectivity index (χ1n) is 12.8. The van der Waals surface area contributed by atoms with Crippen LogP contribution in [0.3, 0.4) is 0 Å². The summed E-state index contributed by atoms with van der Waals surface area (Å²) in [5.41, 5.74) is 4.37. The number of anilines is 1. The Morgan fingerprint density at radius 2 is 2.00 bits per heavy atom. The largest absolute Gasteiger partial charge is 0.365 e. The minimum absolute atomic E-state index is 0.314. The van der Waals surface area contributed by atoms with E-state index in [0.717, 1.165) is 57.6 Å². The van der Waals surface area contributed by atoms with E-state index in [1.807, 2.05) is 0 Å². The average Bonchev–Trinajstić information content (AvgIpc) is 2.92. The molecule has 8 nitrogen and oxygen atoms in total. The molecule has 2 saturated heterocycles. The number of hydrogen-bond donors (Lipinski definition) is 2. The summed E-state index contributed by atoms with van der Waals surface area (Å²) in [4.78, 5) is 28.7. The number of nitrogens with zero attached hydrogens (tertiary/aromatic N) is 3. The summed E-state index contributed by atoms with van der Waals surface area (Å²) in [6.45, 7) is 3.65. The van der Waals surface area contributed by atoms with Gasteiger partial charge in [-0.3, -0.25) is 14.7 Å². The van der Waals surface area contributed by atoms with E-state index in [1.165, 1.54) is 22.4 Å². The molecular weight excluding hydrogens is 454 g/mol. The van der Waals surface area contributed by atoms with Gasteiger partial charge < -0.3 is 10.1 Å². The van der Waals surface area contributed by atoms with Gasteiger partial charge in [0.05, 0.1) is 18.1 Å². The van der Waals surface area contributed by atoms with Gasteiger partial charge in [0.1, 0.15) is 5.82 Å². The number of rotatable bonds is 8. The highest BCUT2D eigenvalue weighted by molar-refractivity contribution is 5.90. The van der Waals surface area contributed by atoms with Gasteiger partial charge in [0.2, 0.25) is 0 Å². The number of aromatic nitrogens is 2. The molecule has 0 bridgehead atoms. The molecule has 3 aromatic rings. The Kier molecular flexibility index (Phi) is 8.17. The molecule has 2 aliphatic heterocycles. The Bertz CT molecular complexity index is 1170. The lowest BCUT2D eigenvalue weighted by atomic mass is 10.0. The lowest BCUT2D eigenvalue weighted by Gasteiger charge is -2.33. The minimum atomic E-state index is -0.371. The summed E-state index contributed by atoms with van der Waals surface area (Å²) in [5, 5.41) is 6.14. The zero-order valence-electron chi connectivity index (χ0n) is 20.4. The van der Waals surface area contributed by atoms with Crippen molar-refractivity contribution in [3.05, 3.63) is 72.2 Å². The quantitative estimate of drug-likeness (QED) is 0.362. The molecule has 8 heteroatoms. The van der Waals surface area contributed by atoms with Crippen LogP contribution in [0.1, 0.15) is 43.4 Å². The Hall–Kier alpha value is -3.33. The Morgan fingerprint density at radius 3 is 2.86 bits per heavy atom. The molecule has 188 valence electrons. The number of carbonyl (C=O) groups is 1. The molecule has 0 aliphatic carbocycles. The molecule has 2 aromatic carbocycles. The van der Waals surface area contributed by atoms with Gasteiger partial charge in [-0.25, -0.2) is 15.3 Å². The van der Waals surface area contributed by atoms with Crippen molar-refractivity contribution in [1.82, 2.24) is 20.3 Å². The Balaban J connectivity index is 1.10. The van der Waals surface area contributed by atoms with Crippen LogP contribution in [0, 0.1) is 0 Å². The zero-order chi connectivity index (χ0) is 24.6. The molecule has 0 saturated carbocycles. The SMILES string of the molecule is O=C(C=Cc1cnc(N[C@@H]2CCCN(Cc3cccc4ccccc34)C2)cn1)NOC1CCCCO1. The number of hydrogen-bond acceptors (Lipinski definition) is 7. The number of fused-ring (bicyclic) bond motifs is 1. The second kappa shape index (κ2) is 12.1. The molecule has 1 unspecified atom stereocenters. The van der Waals surface area contributed by atoms with E-state index in [4.69, 9.17) is 9.57 Å². The highest BCUT2D eigenvalue weighted by atomic mass is 16.8. The Morgan fingerprint density at radius 1 is 1.08 bits per heavy atom. The van der Waals surface area contributed by atoms with Crippen molar-refractivity contribution >= 4 is 28.6 Å².